The fraction of sp³-hybridized carbons (Fsp3) is 0.462. The summed E-state index contributed by atoms with van der Waals surface area (Å²) in [5.41, 5.74) is 0. The van der Waals surface area contributed by atoms with Gasteiger partial charge in [-0.2, -0.15) is 0 Å². The predicted molar refractivity (Wildman–Crippen MR) is 77.9 cm³/mol. The van der Waals surface area contributed by atoms with E-state index in [1.54, 1.807) is 0 Å². The molecule has 118 valence electrons. The predicted octanol–water partition coefficient (Wildman–Crippen LogP) is 0.380. The van der Waals surface area contributed by atoms with Crippen molar-refractivity contribution in [1.29, 1.82) is 0 Å². The molecule has 2 N–H and O–H groups in total. The van der Waals surface area contributed by atoms with E-state index in [4.69, 9.17) is 9.84 Å². The number of nitrogens with zero attached hydrogens (tertiary/aromatic N) is 1. The Hall–Kier alpha value is -1.64. The lowest BCUT2D eigenvalue weighted by Crippen LogP contribution is -2.29. The second-order valence-corrected chi connectivity index (χ2v) is 6.48. The molecule has 0 aliphatic heterocycles. The summed E-state index contributed by atoms with van der Waals surface area (Å²) in [7, 11) is -0.196. The summed E-state index contributed by atoms with van der Waals surface area (Å²) >= 11 is 0. The van der Waals surface area contributed by atoms with Crippen LogP contribution in [0, 0.1) is 0 Å². The molecule has 0 spiro atoms. The first-order chi connectivity index (χ1) is 9.87. The fourth-order valence-electron chi connectivity index (χ4n) is 1.63. The van der Waals surface area contributed by atoms with Crippen molar-refractivity contribution in [3.05, 3.63) is 24.3 Å². The van der Waals surface area contributed by atoms with Crippen LogP contribution in [0.2, 0.25) is 0 Å². The van der Waals surface area contributed by atoms with Crippen molar-refractivity contribution in [2.45, 2.75) is 11.3 Å². The first kappa shape index (κ1) is 17.4. The molecule has 8 heteroatoms. The molecule has 0 unspecified atom stereocenters. The van der Waals surface area contributed by atoms with Gasteiger partial charge in [-0.1, -0.05) is 0 Å². The molecule has 0 amide bonds. The molecule has 1 aromatic carbocycles. The van der Waals surface area contributed by atoms with Gasteiger partial charge in [0.05, 0.1) is 4.90 Å². The van der Waals surface area contributed by atoms with E-state index in [1.807, 2.05) is 7.05 Å². The maximum atomic E-state index is 12.3. The maximum Gasteiger partial charge on any atom is 0.341 e. The van der Waals surface area contributed by atoms with Crippen LogP contribution < -0.4 is 10.1 Å². The number of sulfonamides is 1. The first-order valence-corrected chi connectivity index (χ1v) is 7.87. The van der Waals surface area contributed by atoms with Crippen LogP contribution in [-0.4, -0.2) is 57.6 Å². The molecule has 21 heavy (non-hydrogen) atoms. The van der Waals surface area contributed by atoms with E-state index in [0.717, 1.165) is 6.54 Å². The van der Waals surface area contributed by atoms with Gasteiger partial charge in [-0.05, 0) is 44.3 Å². The Morgan fingerprint density at radius 2 is 1.95 bits per heavy atom. The van der Waals surface area contributed by atoms with Crippen LogP contribution in [0.5, 0.6) is 5.75 Å². The topological polar surface area (TPSA) is 95.9 Å². The molecule has 0 bridgehead atoms. The maximum absolute atomic E-state index is 12.3. The van der Waals surface area contributed by atoms with Crippen LogP contribution in [0.4, 0.5) is 0 Å². The van der Waals surface area contributed by atoms with Crippen LogP contribution in [0.1, 0.15) is 6.42 Å². The molecule has 0 aliphatic rings. The normalized spacial score (nSPS) is 11.6. The van der Waals surface area contributed by atoms with Crippen LogP contribution in [0.25, 0.3) is 0 Å². The summed E-state index contributed by atoms with van der Waals surface area (Å²) in [6, 6.07) is 5.69. The smallest absolute Gasteiger partial charge is 0.341 e. The van der Waals surface area contributed by atoms with Gasteiger partial charge in [0.2, 0.25) is 10.0 Å². The van der Waals surface area contributed by atoms with Crippen molar-refractivity contribution >= 4 is 16.0 Å². The molecule has 0 aromatic heterocycles. The van der Waals surface area contributed by atoms with E-state index in [0.29, 0.717) is 18.7 Å². The summed E-state index contributed by atoms with van der Waals surface area (Å²) < 4.78 is 30.8. The average Bonchev–Trinajstić information content (AvgIpc) is 2.45. The zero-order valence-electron chi connectivity index (χ0n) is 12.1. The molecular weight excluding hydrogens is 296 g/mol. The van der Waals surface area contributed by atoms with Crippen LogP contribution in [-0.2, 0) is 14.8 Å². The Morgan fingerprint density at radius 1 is 1.33 bits per heavy atom. The highest BCUT2D eigenvalue weighted by atomic mass is 32.2. The Labute approximate surface area is 124 Å². The van der Waals surface area contributed by atoms with E-state index in [9.17, 15) is 13.2 Å². The molecule has 0 radical (unpaired) electrons. The van der Waals surface area contributed by atoms with Gasteiger partial charge in [-0.15, -0.1) is 0 Å². The number of carboxylic acid groups (broad SMARTS) is 1. The monoisotopic (exact) mass is 316 g/mol. The van der Waals surface area contributed by atoms with Gasteiger partial charge < -0.3 is 15.2 Å². The Morgan fingerprint density at radius 3 is 2.48 bits per heavy atom. The number of benzene rings is 1. The van der Waals surface area contributed by atoms with E-state index in [-0.39, 0.29) is 4.90 Å². The van der Waals surface area contributed by atoms with Crippen molar-refractivity contribution in [2.75, 3.05) is 33.8 Å². The molecule has 0 saturated heterocycles. The molecule has 0 heterocycles. The highest BCUT2D eigenvalue weighted by molar-refractivity contribution is 7.89. The lowest BCUT2D eigenvalue weighted by Gasteiger charge is -2.17. The summed E-state index contributed by atoms with van der Waals surface area (Å²) in [5, 5.41) is 11.5. The van der Waals surface area contributed by atoms with Crippen molar-refractivity contribution < 1.29 is 23.1 Å². The quantitative estimate of drug-likeness (QED) is 0.640. The van der Waals surface area contributed by atoms with Crippen molar-refractivity contribution in [3.8, 4) is 5.75 Å². The number of carboxylic acids is 1. The Bertz CT molecular complexity index is 556. The molecule has 0 saturated carbocycles. The lowest BCUT2D eigenvalue weighted by atomic mass is 10.3. The van der Waals surface area contributed by atoms with Gasteiger partial charge in [0, 0.05) is 13.6 Å². The SMILES string of the molecule is CNCCCN(C)S(=O)(=O)c1ccc(OCC(=O)O)cc1. The number of ether oxygens (including phenoxy) is 1. The van der Waals surface area contributed by atoms with Crippen molar-refractivity contribution in [3.63, 3.8) is 0 Å². The van der Waals surface area contributed by atoms with Gasteiger partial charge in [0.15, 0.2) is 6.61 Å². The van der Waals surface area contributed by atoms with E-state index < -0.39 is 22.6 Å². The zero-order valence-corrected chi connectivity index (χ0v) is 12.9. The van der Waals surface area contributed by atoms with Crippen LogP contribution >= 0.6 is 0 Å². The van der Waals surface area contributed by atoms with Crippen molar-refractivity contribution in [2.24, 2.45) is 0 Å². The van der Waals surface area contributed by atoms with Crippen LogP contribution in [0.15, 0.2) is 29.2 Å². The molecule has 0 aliphatic carbocycles. The van der Waals surface area contributed by atoms with Gasteiger partial charge in [0.25, 0.3) is 0 Å². The number of carbonyl (C=O) groups is 1. The summed E-state index contributed by atoms with van der Waals surface area (Å²) in [6.45, 7) is 0.693. The van der Waals surface area contributed by atoms with E-state index >= 15 is 0 Å². The first-order valence-electron chi connectivity index (χ1n) is 6.43. The summed E-state index contributed by atoms with van der Waals surface area (Å²) in [4.78, 5) is 10.5. The Kier molecular flexibility index (Phi) is 6.60. The largest absolute Gasteiger partial charge is 0.482 e. The minimum absolute atomic E-state index is 0.150. The zero-order chi connectivity index (χ0) is 15.9. The van der Waals surface area contributed by atoms with Crippen LogP contribution in [0.3, 0.4) is 0 Å². The average molecular weight is 316 g/mol. The van der Waals surface area contributed by atoms with Gasteiger partial charge in [-0.3, -0.25) is 0 Å². The molecule has 0 atom stereocenters. The fourth-order valence-corrected chi connectivity index (χ4v) is 2.84. The number of hydrogen-bond acceptors (Lipinski definition) is 5. The summed E-state index contributed by atoms with van der Waals surface area (Å²) in [5.74, 6) is -0.773. The van der Waals surface area contributed by atoms with E-state index in [2.05, 4.69) is 5.32 Å². The van der Waals surface area contributed by atoms with Gasteiger partial charge >= 0.3 is 5.97 Å². The number of nitrogens with one attached hydrogen (secondary N) is 1. The minimum atomic E-state index is -3.53. The molecular formula is C13H20N2O5S. The third-order valence-corrected chi connectivity index (χ3v) is 4.67. The molecule has 1 aromatic rings. The minimum Gasteiger partial charge on any atom is -0.482 e. The molecule has 1 rings (SSSR count). The standard InChI is InChI=1S/C13H20N2O5S/c1-14-8-3-9-15(2)21(18,19)12-6-4-11(5-7-12)20-10-13(16)17/h4-7,14H,3,8-10H2,1-2H3,(H,16,17). The lowest BCUT2D eigenvalue weighted by molar-refractivity contribution is -0.139. The number of hydrogen-bond donors (Lipinski definition) is 2. The van der Waals surface area contributed by atoms with Gasteiger partial charge in [-0.25, -0.2) is 17.5 Å². The van der Waals surface area contributed by atoms with E-state index in [1.165, 1.54) is 35.6 Å². The Balaban J connectivity index is 2.72. The highest BCUT2D eigenvalue weighted by Crippen LogP contribution is 2.18. The third-order valence-electron chi connectivity index (χ3n) is 2.79. The van der Waals surface area contributed by atoms with Crippen molar-refractivity contribution in [1.82, 2.24) is 9.62 Å². The summed E-state index contributed by atoms with van der Waals surface area (Å²) in [6.07, 6.45) is 0.714. The number of rotatable bonds is 9. The van der Waals surface area contributed by atoms with Gasteiger partial charge in [0.1, 0.15) is 5.75 Å². The molecule has 0 fully saturated rings. The second-order valence-electron chi connectivity index (χ2n) is 4.44. The molecule has 7 nitrogen and oxygen atoms in total. The second kappa shape index (κ2) is 7.96. The highest BCUT2D eigenvalue weighted by Gasteiger charge is 2.20. The third kappa shape index (κ3) is 5.33. The number of aliphatic carboxylic acids is 1.